The minimum atomic E-state index is -0.398. The van der Waals surface area contributed by atoms with Gasteiger partial charge in [0.05, 0.1) is 0 Å². The topological polar surface area (TPSA) is 26.3 Å². The number of rotatable bonds is 5. The molecular formula is C13H18O2. The third-order valence-electron chi connectivity index (χ3n) is 2.20. The predicted octanol–water partition coefficient (Wildman–Crippen LogP) is 3.05. The Kier molecular flexibility index (Phi) is 4.50. The van der Waals surface area contributed by atoms with E-state index < -0.39 is 6.10 Å². The summed E-state index contributed by atoms with van der Waals surface area (Å²) in [4.78, 5) is 11.4. The van der Waals surface area contributed by atoms with Crippen molar-refractivity contribution in [2.75, 3.05) is 6.61 Å². The van der Waals surface area contributed by atoms with E-state index in [1.807, 2.05) is 38.1 Å². The lowest BCUT2D eigenvalue weighted by atomic mass is 10.0. The lowest BCUT2D eigenvalue weighted by Crippen LogP contribution is -2.13. The van der Waals surface area contributed by atoms with Gasteiger partial charge in [0.1, 0.15) is 6.10 Å². The van der Waals surface area contributed by atoms with Crippen LogP contribution in [0, 0.1) is 6.92 Å². The number of ketones is 1. The van der Waals surface area contributed by atoms with Crippen LogP contribution in [0.3, 0.4) is 0 Å². The first kappa shape index (κ1) is 11.9. The maximum atomic E-state index is 11.4. The number of benzene rings is 1. The van der Waals surface area contributed by atoms with Crippen LogP contribution in [0.5, 0.6) is 0 Å². The van der Waals surface area contributed by atoms with Gasteiger partial charge in [-0.2, -0.15) is 0 Å². The third-order valence-corrected chi connectivity index (χ3v) is 2.20. The fourth-order valence-electron chi connectivity index (χ4n) is 1.52. The smallest absolute Gasteiger partial charge is 0.163 e. The van der Waals surface area contributed by atoms with Crippen molar-refractivity contribution in [1.29, 1.82) is 0 Å². The van der Waals surface area contributed by atoms with Crippen LogP contribution in [0.2, 0.25) is 0 Å². The van der Waals surface area contributed by atoms with Crippen molar-refractivity contribution in [2.45, 2.75) is 33.3 Å². The van der Waals surface area contributed by atoms with Gasteiger partial charge in [-0.3, -0.25) is 4.79 Å². The summed E-state index contributed by atoms with van der Waals surface area (Å²) in [5, 5.41) is 0. The van der Waals surface area contributed by atoms with E-state index in [9.17, 15) is 4.79 Å². The van der Waals surface area contributed by atoms with Gasteiger partial charge in [-0.25, -0.2) is 0 Å². The Morgan fingerprint density at radius 3 is 2.73 bits per heavy atom. The number of hydrogen-bond donors (Lipinski definition) is 0. The SMILES string of the molecule is CCCOC(C(C)=O)c1cccc(C)c1. The van der Waals surface area contributed by atoms with E-state index in [1.54, 1.807) is 6.92 Å². The van der Waals surface area contributed by atoms with Crippen LogP contribution in [-0.2, 0) is 9.53 Å². The molecular weight excluding hydrogens is 188 g/mol. The number of carbonyl (C=O) groups excluding carboxylic acids is 1. The molecule has 1 rings (SSSR count). The third kappa shape index (κ3) is 3.48. The Labute approximate surface area is 91.3 Å². The van der Waals surface area contributed by atoms with E-state index in [0.717, 1.165) is 17.5 Å². The van der Waals surface area contributed by atoms with Crippen molar-refractivity contribution in [3.05, 3.63) is 35.4 Å². The van der Waals surface area contributed by atoms with Crippen LogP contribution in [0.15, 0.2) is 24.3 Å². The van der Waals surface area contributed by atoms with Crippen LogP contribution in [0.25, 0.3) is 0 Å². The highest BCUT2D eigenvalue weighted by Crippen LogP contribution is 2.19. The first-order valence-electron chi connectivity index (χ1n) is 5.33. The minimum absolute atomic E-state index is 0.0639. The van der Waals surface area contributed by atoms with Crippen molar-refractivity contribution in [3.8, 4) is 0 Å². The second-order valence-electron chi connectivity index (χ2n) is 3.78. The quantitative estimate of drug-likeness (QED) is 0.740. The zero-order valence-electron chi connectivity index (χ0n) is 9.62. The van der Waals surface area contributed by atoms with Gasteiger partial charge in [-0.05, 0) is 25.8 Å². The fourth-order valence-corrected chi connectivity index (χ4v) is 1.52. The maximum absolute atomic E-state index is 11.4. The van der Waals surface area contributed by atoms with E-state index in [-0.39, 0.29) is 5.78 Å². The molecule has 0 saturated heterocycles. The van der Waals surface area contributed by atoms with Gasteiger partial charge < -0.3 is 4.74 Å². The minimum Gasteiger partial charge on any atom is -0.366 e. The lowest BCUT2D eigenvalue weighted by molar-refractivity contribution is -0.128. The summed E-state index contributed by atoms with van der Waals surface area (Å²) >= 11 is 0. The Hall–Kier alpha value is -1.15. The first-order chi connectivity index (χ1) is 7.15. The molecule has 0 heterocycles. The monoisotopic (exact) mass is 206 g/mol. The average molecular weight is 206 g/mol. The summed E-state index contributed by atoms with van der Waals surface area (Å²) in [7, 11) is 0. The Bertz CT molecular complexity index is 331. The summed E-state index contributed by atoms with van der Waals surface area (Å²) in [6.45, 7) is 6.24. The molecule has 2 nitrogen and oxygen atoms in total. The molecule has 0 N–H and O–H groups in total. The molecule has 0 fully saturated rings. The van der Waals surface area contributed by atoms with E-state index in [2.05, 4.69) is 0 Å². The van der Waals surface area contributed by atoms with Crippen molar-refractivity contribution in [3.63, 3.8) is 0 Å². The average Bonchev–Trinajstić information content (AvgIpc) is 2.18. The van der Waals surface area contributed by atoms with E-state index in [0.29, 0.717) is 6.61 Å². The molecule has 1 aromatic rings. The molecule has 0 saturated carbocycles. The Morgan fingerprint density at radius 1 is 1.47 bits per heavy atom. The van der Waals surface area contributed by atoms with Crippen molar-refractivity contribution in [1.82, 2.24) is 0 Å². The van der Waals surface area contributed by atoms with Crippen LogP contribution in [-0.4, -0.2) is 12.4 Å². The van der Waals surface area contributed by atoms with E-state index >= 15 is 0 Å². The van der Waals surface area contributed by atoms with Crippen LogP contribution in [0.4, 0.5) is 0 Å². The lowest BCUT2D eigenvalue weighted by Gasteiger charge is -2.15. The fraction of sp³-hybridized carbons (Fsp3) is 0.462. The number of hydrogen-bond acceptors (Lipinski definition) is 2. The molecule has 0 aliphatic heterocycles. The molecule has 0 spiro atoms. The largest absolute Gasteiger partial charge is 0.366 e. The second kappa shape index (κ2) is 5.66. The number of aryl methyl sites for hydroxylation is 1. The van der Waals surface area contributed by atoms with Crippen LogP contribution < -0.4 is 0 Å². The van der Waals surface area contributed by atoms with E-state index in [1.165, 1.54) is 0 Å². The maximum Gasteiger partial charge on any atom is 0.163 e. The van der Waals surface area contributed by atoms with Gasteiger partial charge in [-0.15, -0.1) is 0 Å². The van der Waals surface area contributed by atoms with Crippen LogP contribution in [0.1, 0.15) is 37.5 Å². The standard InChI is InChI=1S/C13H18O2/c1-4-8-15-13(11(3)14)12-7-5-6-10(2)9-12/h5-7,9,13H,4,8H2,1-3H3. The van der Waals surface area contributed by atoms with Crippen molar-refractivity contribution < 1.29 is 9.53 Å². The summed E-state index contributed by atoms with van der Waals surface area (Å²) in [6.07, 6.45) is 0.528. The zero-order valence-corrected chi connectivity index (χ0v) is 9.62. The highest BCUT2D eigenvalue weighted by atomic mass is 16.5. The number of carbonyl (C=O) groups is 1. The Morgan fingerprint density at radius 2 is 2.20 bits per heavy atom. The van der Waals surface area contributed by atoms with Crippen molar-refractivity contribution >= 4 is 5.78 Å². The molecule has 0 bridgehead atoms. The molecule has 2 heteroatoms. The predicted molar refractivity (Wildman–Crippen MR) is 60.8 cm³/mol. The molecule has 0 aliphatic carbocycles. The van der Waals surface area contributed by atoms with Gasteiger partial charge in [0.25, 0.3) is 0 Å². The molecule has 1 atom stereocenters. The van der Waals surface area contributed by atoms with Crippen LogP contribution >= 0.6 is 0 Å². The zero-order chi connectivity index (χ0) is 11.3. The van der Waals surface area contributed by atoms with Gasteiger partial charge in [-0.1, -0.05) is 36.8 Å². The van der Waals surface area contributed by atoms with Gasteiger partial charge in [0, 0.05) is 6.61 Å². The summed E-state index contributed by atoms with van der Waals surface area (Å²) in [5.74, 6) is 0.0639. The summed E-state index contributed by atoms with van der Waals surface area (Å²) in [6, 6.07) is 7.91. The first-order valence-corrected chi connectivity index (χ1v) is 5.33. The molecule has 0 aromatic heterocycles. The van der Waals surface area contributed by atoms with Crippen molar-refractivity contribution in [2.24, 2.45) is 0 Å². The normalized spacial score (nSPS) is 12.5. The molecule has 15 heavy (non-hydrogen) atoms. The molecule has 82 valence electrons. The molecule has 1 aromatic carbocycles. The molecule has 0 aliphatic rings. The highest BCUT2D eigenvalue weighted by molar-refractivity contribution is 5.81. The number of Topliss-reactive ketones (excluding diaryl/α,β-unsaturated/α-hetero) is 1. The summed E-state index contributed by atoms with van der Waals surface area (Å²) in [5.41, 5.74) is 2.11. The van der Waals surface area contributed by atoms with Gasteiger partial charge in [0.2, 0.25) is 0 Å². The second-order valence-corrected chi connectivity index (χ2v) is 3.78. The summed E-state index contributed by atoms with van der Waals surface area (Å²) < 4.78 is 5.54. The molecule has 1 unspecified atom stereocenters. The van der Waals surface area contributed by atoms with Gasteiger partial charge >= 0.3 is 0 Å². The Balaban J connectivity index is 2.84. The molecule has 0 radical (unpaired) electrons. The molecule has 0 amide bonds. The highest BCUT2D eigenvalue weighted by Gasteiger charge is 2.16. The number of ether oxygens (including phenoxy) is 1. The van der Waals surface area contributed by atoms with E-state index in [4.69, 9.17) is 4.74 Å². The van der Waals surface area contributed by atoms with Gasteiger partial charge in [0.15, 0.2) is 5.78 Å².